The molecule has 2 aromatic rings. The van der Waals surface area contributed by atoms with Gasteiger partial charge in [0, 0.05) is 10.7 Å². The van der Waals surface area contributed by atoms with Gasteiger partial charge in [-0.2, -0.15) is 0 Å². The standard InChI is InChI=1S/C11H10BrN3O2S/c12-10-3-1-2-4-11(10)18(16,17)15-7-9-5-6-13-8-14-9/h1-6,8,15H,7H2. The molecule has 1 heterocycles. The molecule has 0 aliphatic heterocycles. The summed E-state index contributed by atoms with van der Waals surface area (Å²) < 4.78 is 27.1. The molecule has 0 atom stereocenters. The Morgan fingerprint density at radius 2 is 2.00 bits per heavy atom. The molecule has 0 saturated heterocycles. The molecule has 0 bridgehead atoms. The lowest BCUT2D eigenvalue weighted by Gasteiger charge is -2.07. The van der Waals surface area contributed by atoms with E-state index in [1.807, 2.05) is 0 Å². The lowest BCUT2D eigenvalue weighted by molar-refractivity contribution is 0.580. The van der Waals surface area contributed by atoms with Crippen LogP contribution < -0.4 is 4.72 Å². The van der Waals surface area contributed by atoms with Crippen molar-refractivity contribution in [3.8, 4) is 0 Å². The second-order valence-corrected chi connectivity index (χ2v) is 6.05. The molecule has 0 aliphatic carbocycles. The molecule has 2 rings (SSSR count). The number of halogens is 1. The summed E-state index contributed by atoms with van der Waals surface area (Å²) in [6.07, 6.45) is 2.94. The maximum absolute atomic E-state index is 12.0. The van der Waals surface area contributed by atoms with Crippen molar-refractivity contribution in [2.24, 2.45) is 0 Å². The second kappa shape index (κ2) is 5.55. The number of hydrogen-bond acceptors (Lipinski definition) is 4. The van der Waals surface area contributed by atoms with E-state index in [-0.39, 0.29) is 11.4 Å². The average molecular weight is 328 g/mol. The zero-order valence-electron chi connectivity index (χ0n) is 9.25. The minimum Gasteiger partial charge on any atom is -0.245 e. The quantitative estimate of drug-likeness (QED) is 0.928. The molecule has 0 spiro atoms. The zero-order chi connectivity index (χ0) is 13.0. The summed E-state index contributed by atoms with van der Waals surface area (Å²) in [5, 5.41) is 0. The topological polar surface area (TPSA) is 72.0 Å². The first-order valence-electron chi connectivity index (χ1n) is 5.09. The van der Waals surface area contributed by atoms with Crippen molar-refractivity contribution in [2.45, 2.75) is 11.4 Å². The molecule has 5 nitrogen and oxygen atoms in total. The first-order valence-corrected chi connectivity index (χ1v) is 7.36. The number of sulfonamides is 1. The van der Waals surface area contributed by atoms with Gasteiger partial charge in [0.25, 0.3) is 0 Å². The van der Waals surface area contributed by atoms with Gasteiger partial charge in [-0.05, 0) is 34.1 Å². The van der Waals surface area contributed by atoms with Gasteiger partial charge in [-0.3, -0.25) is 0 Å². The zero-order valence-corrected chi connectivity index (χ0v) is 11.6. The highest BCUT2D eigenvalue weighted by molar-refractivity contribution is 9.10. The third kappa shape index (κ3) is 3.12. The molecule has 0 fully saturated rings. The number of nitrogens with one attached hydrogen (secondary N) is 1. The van der Waals surface area contributed by atoms with Gasteiger partial charge in [0.2, 0.25) is 10.0 Å². The molecule has 7 heteroatoms. The van der Waals surface area contributed by atoms with Gasteiger partial charge in [-0.15, -0.1) is 0 Å². The van der Waals surface area contributed by atoms with Crippen LogP contribution in [0.3, 0.4) is 0 Å². The number of nitrogens with zero attached hydrogens (tertiary/aromatic N) is 2. The van der Waals surface area contributed by atoms with Crippen LogP contribution in [0.15, 0.2) is 52.2 Å². The van der Waals surface area contributed by atoms with Crippen molar-refractivity contribution in [3.05, 3.63) is 53.0 Å². The molecule has 18 heavy (non-hydrogen) atoms. The summed E-state index contributed by atoms with van der Waals surface area (Å²) in [5.41, 5.74) is 0.612. The maximum Gasteiger partial charge on any atom is 0.242 e. The van der Waals surface area contributed by atoms with Crippen molar-refractivity contribution in [3.63, 3.8) is 0 Å². The monoisotopic (exact) mass is 327 g/mol. The number of hydrogen-bond donors (Lipinski definition) is 1. The minimum atomic E-state index is -3.55. The van der Waals surface area contributed by atoms with Crippen LogP contribution in [0.5, 0.6) is 0 Å². The molecule has 0 unspecified atom stereocenters. The summed E-state index contributed by atoms with van der Waals surface area (Å²) in [4.78, 5) is 7.92. The van der Waals surface area contributed by atoms with Crippen LogP contribution in [0.2, 0.25) is 0 Å². The fourth-order valence-corrected chi connectivity index (χ4v) is 3.33. The van der Waals surface area contributed by atoms with E-state index in [9.17, 15) is 8.42 Å². The van der Waals surface area contributed by atoms with E-state index in [1.165, 1.54) is 12.4 Å². The van der Waals surface area contributed by atoms with Crippen molar-refractivity contribution in [1.82, 2.24) is 14.7 Å². The van der Waals surface area contributed by atoms with E-state index in [0.29, 0.717) is 10.2 Å². The number of aromatic nitrogens is 2. The van der Waals surface area contributed by atoms with E-state index in [2.05, 4.69) is 30.6 Å². The minimum absolute atomic E-state index is 0.131. The Hall–Kier alpha value is -1.31. The van der Waals surface area contributed by atoms with E-state index in [1.54, 1.807) is 30.5 Å². The van der Waals surface area contributed by atoms with Crippen LogP contribution in [-0.2, 0) is 16.6 Å². The lowest BCUT2D eigenvalue weighted by atomic mass is 10.4. The van der Waals surface area contributed by atoms with Crippen LogP contribution in [0, 0.1) is 0 Å². The summed E-state index contributed by atoms with van der Waals surface area (Å²) in [6.45, 7) is 0.131. The van der Waals surface area contributed by atoms with Gasteiger partial charge in [-0.25, -0.2) is 23.1 Å². The van der Waals surface area contributed by atoms with E-state index < -0.39 is 10.0 Å². The summed E-state index contributed by atoms with van der Waals surface area (Å²) >= 11 is 3.21. The largest absolute Gasteiger partial charge is 0.245 e. The molecule has 1 aromatic heterocycles. The van der Waals surface area contributed by atoms with Crippen molar-refractivity contribution >= 4 is 26.0 Å². The predicted molar refractivity (Wildman–Crippen MR) is 70.2 cm³/mol. The molecule has 0 amide bonds. The average Bonchev–Trinajstić information content (AvgIpc) is 2.38. The van der Waals surface area contributed by atoms with Gasteiger partial charge >= 0.3 is 0 Å². The first-order chi connectivity index (χ1) is 8.59. The fraction of sp³-hybridized carbons (Fsp3) is 0.0909. The fourth-order valence-electron chi connectivity index (χ4n) is 1.33. The second-order valence-electron chi connectivity index (χ2n) is 3.46. The molecular weight excluding hydrogens is 318 g/mol. The Bertz CT molecular complexity index is 632. The van der Waals surface area contributed by atoms with Crippen molar-refractivity contribution < 1.29 is 8.42 Å². The summed E-state index contributed by atoms with van der Waals surface area (Å²) in [5.74, 6) is 0. The lowest BCUT2D eigenvalue weighted by Crippen LogP contribution is -2.24. The highest BCUT2D eigenvalue weighted by Crippen LogP contribution is 2.20. The van der Waals surface area contributed by atoms with Crippen LogP contribution in [0.4, 0.5) is 0 Å². The molecule has 0 radical (unpaired) electrons. The van der Waals surface area contributed by atoms with Crippen LogP contribution in [0.1, 0.15) is 5.69 Å². The van der Waals surface area contributed by atoms with Gasteiger partial charge in [0.15, 0.2) is 0 Å². The van der Waals surface area contributed by atoms with Crippen LogP contribution >= 0.6 is 15.9 Å². The number of benzene rings is 1. The first kappa shape index (κ1) is 13.1. The molecule has 0 saturated carbocycles. The van der Waals surface area contributed by atoms with Crippen molar-refractivity contribution in [2.75, 3.05) is 0 Å². The highest BCUT2D eigenvalue weighted by Gasteiger charge is 2.16. The Morgan fingerprint density at radius 1 is 1.22 bits per heavy atom. The summed E-state index contributed by atoms with van der Waals surface area (Å²) in [6, 6.07) is 8.30. The molecule has 94 valence electrons. The van der Waals surface area contributed by atoms with Gasteiger partial charge in [0.05, 0.1) is 17.1 Å². The van der Waals surface area contributed by atoms with Crippen LogP contribution in [-0.4, -0.2) is 18.4 Å². The number of rotatable bonds is 4. The normalized spacial score (nSPS) is 11.4. The summed E-state index contributed by atoms with van der Waals surface area (Å²) in [7, 11) is -3.55. The third-order valence-electron chi connectivity index (χ3n) is 2.21. The van der Waals surface area contributed by atoms with Gasteiger partial charge in [-0.1, -0.05) is 12.1 Å². The molecule has 1 N–H and O–H groups in total. The van der Waals surface area contributed by atoms with Crippen LogP contribution in [0.25, 0.3) is 0 Å². The van der Waals surface area contributed by atoms with Crippen molar-refractivity contribution in [1.29, 1.82) is 0 Å². The Labute approximate surface area is 113 Å². The van der Waals surface area contributed by atoms with E-state index in [4.69, 9.17) is 0 Å². The van der Waals surface area contributed by atoms with Gasteiger partial charge < -0.3 is 0 Å². The third-order valence-corrected chi connectivity index (χ3v) is 4.63. The Balaban J connectivity index is 2.16. The maximum atomic E-state index is 12.0. The van der Waals surface area contributed by atoms with Gasteiger partial charge in [0.1, 0.15) is 6.33 Å². The predicted octanol–water partition coefficient (Wildman–Crippen LogP) is 1.72. The smallest absolute Gasteiger partial charge is 0.242 e. The molecule has 0 aliphatic rings. The Kier molecular flexibility index (Phi) is 4.05. The molecule has 1 aromatic carbocycles. The van der Waals surface area contributed by atoms with E-state index in [0.717, 1.165) is 0 Å². The Morgan fingerprint density at radius 3 is 2.67 bits per heavy atom. The molecular formula is C11H10BrN3O2S. The van der Waals surface area contributed by atoms with E-state index >= 15 is 0 Å². The highest BCUT2D eigenvalue weighted by atomic mass is 79.9. The SMILES string of the molecule is O=S(=O)(NCc1ccncn1)c1ccccc1Br.